The summed E-state index contributed by atoms with van der Waals surface area (Å²) < 4.78 is 0. The summed E-state index contributed by atoms with van der Waals surface area (Å²) in [6.07, 6.45) is 0.873. The summed E-state index contributed by atoms with van der Waals surface area (Å²) in [6.45, 7) is 2.02. The van der Waals surface area contributed by atoms with Gasteiger partial charge in [-0.3, -0.25) is 10.3 Å². The number of aliphatic imine (C=N–C) groups is 1. The van der Waals surface area contributed by atoms with Crippen LogP contribution in [0.4, 0.5) is 5.69 Å². The SMILES string of the molecule is CC1=Nc2ccccc2C(NCO)C1. The van der Waals surface area contributed by atoms with Crippen LogP contribution in [0, 0.1) is 0 Å². The molecule has 0 bridgehead atoms. The van der Waals surface area contributed by atoms with E-state index in [0.29, 0.717) is 0 Å². The molecule has 2 rings (SSSR count). The van der Waals surface area contributed by atoms with Crippen LogP contribution in [0.5, 0.6) is 0 Å². The summed E-state index contributed by atoms with van der Waals surface area (Å²) in [5.41, 5.74) is 3.30. The highest BCUT2D eigenvalue weighted by molar-refractivity contribution is 5.87. The molecule has 1 unspecified atom stereocenters. The molecular weight excluding hydrogens is 176 g/mol. The minimum Gasteiger partial charge on any atom is -0.381 e. The lowest BCUT2D eigenvalue weighted by molar-refractivity contribution is 0.242. The van der Waals surface area contributed by atoms with Crippen molar-refractivity contribution >= 4 is 11.4 Å². The number of aliphatic hydroxyl groups is 1. The van der Waals surface area contributed by atoms with E-state index in [1.54, 1.807) is 0 Å². The van der Waals surface area contributed by atoms with Gasteiger partial charge in [-0.05, 0) is 18.6 Å². The van der Waals surface area contributed by atoms with E-state index in [2.05, 4.69) is 16.4 Å². The zero-order valence-electron chi connectivity index (χ0n) is 8.20. The maximum Gasteiger partial charge on any atom is 0.0936 e. The van der Waals surface area contributed by atoms with E-state index in [0.717, 1.165) is 17.8 Å². The topological polar surface area (TPSA) is 44.6 Å². The minimum atomic E-state index is 0.00623. The fourth-order valence-electron chi connectivity index (χ4n) is 1.83. The van der Waals surface area contributed by atoms with Crippen LogP contribution in [0.25, 0.3) is 0 Å². The van der Waals surface area contributed by atoms with Gasteiger partial charge in [-0.1, -0.05) is 18.2 Å². The minimum absolute atomic E-state index is 0.00623. The van der Waals surface area contributed by atoms with Gasteiger partial charge in [0.15, 0.2) is 0 Å². The van der Waals surface area contributed by atoms with Gasteiger partial charge in [0.1, 0.15) is 0 Å². The second kappa shape index (κ2) is 3.90. The van der Waals surface area contributed by atoms with E-state index in [1.807, 2.05) is 25.1 Å². The fourth-order valence-corrected chi connectivity index (χ4v) is 1.83. The Morgan fingerprint density at radius 3 is 3.07 bits per heavy atom. The van der Waals surface area contributed by atoms with Gasteiger partial charge in [0.25, 0.3) is 0 Å². The van der Waals surface area contributed by atoms with E-state index in [4.69, 9.17) is 5.11 Å². The second-order valence-corrected chi connectivity index (χ2v) is 3.52. The molecule has 3 heteroatoms. The third-order valence-corrected chi connectivity index (χ3v) is 2.46. The van der Waals surface area contributed by atoms with E-state index < -0.39 is 0 Å². The molecule has 1 aromatic carbocycles. The van der Waals surface area contributed by atoms with Crippen molar-refractivity contribution in [2.45, 2.75) is 19.4 Å². The Labute approximate surface area is 83.5 Å². The zero-order valence-corrected chi connectivity index (χ0v) is 8.20. The molecule has 1 aliphatic rings. The van der Waals surface area contributed by atoms with E-state index >= 15 is 0 Å². The average Bonchev–Trinajstić information content (AvgIpc) is 2.18. The maximum absolute atomic E-state index is 8.88. The monoisotopic (exact) mass is 190 g/mol. The Morgan fingerprint density at radius 2 is 2.29 bits per heavy atom. The molecule has 1 aliphatic heterocycles. The molecule has 1 aromatic rings. The van der Waals surface area contributed by atoms with Gasteiger partial charge in [-0.25, -0.2) is 0 Å². The Balaban J connectivity index is 2.37. The molecule has 0 spiro atoms. The van der Waals surface area contributed by atoms with Gasteiger partial charge >= 0.3 is 0 Å². The first-order valence-electron chi connectivity index (χ1n) is 4.78. The van der Waals surface area contributed by atoms with Crippen molar-refractivity contribution in [1.82, 2.24) is 5.32 Å². The van der Waals surface area contributed by atoms with Crippen molar-refractivity contribution < 1.29 is 5.11 Å². The molecule has 3 nitrogen and oxygen atoms in total. The number of hydrogen-bond acceptors (Lipinski definition) is 3. The van der Waals surface area contributed by atoms with Gasteiger partial charge < -0.3 is 5.11 Å². The lowest BCUT2D eigenvalue weighted by atomic mass is 9.97. The van der Waals surface area contributed by atoms with Gasteiger partial charge in [-0.2, -0.15) is 0 Å². The number of rotatable bonds is 2. The van der Waals surface area contributed by atoms with Crippen molar-refractivity contribution in [3.05, 3.63) is 29.8 Å². The van der Waals surface area contributed by atoms with Crippen molar-refractivity contribution in [3.63, 3.8) is 0 Å². The van der Waals surface area contributed by atoms with Gasteiger partial charge in [0.05, 0.1) is 12.4 Å². The molecule has 0 saturated heterocycles. The largest absolute Gasteiger partial charge is 0.381 e. The zero-order chi connectivity index (χ0) is 9.97. The number of aliphatic hydroxyl groups excluding tert-OH is 1. The maximum atomic E-state index is 8.88. The van der Waals surface area contributed by atoms with Gasteiger partial charge in [0.2, 0.25) is 0 Å². The molecule has 0 fully saturated rings. The Hall–Kier alpha value is -1.19. The molecule has 0 aliphatic carbocycles. The number of benzene rings is 1. The molecule has 0 saturated carbocycles. The second-order valence-electron chi connectivity index (χ2n) is 3.52. The number of hydrogen-bond donors (Lipinski definition) is 2. The highest BCUT2D eigenvalue weighted by Crippen LogP contribution is 2.32. The predicted octanol–water partition coefficient (Wildman–Crippen LogP) is 1.76. The van der Waals surface area contributed by atoms with Crippen LogP contribution in [0.1, 0.15) is 24.9 Å². The van der Waals surface area contributed by atoms with Crippen LogP contribution < -0.4 is 5.32 Å². The molecule has 2 N–H and O–H groups in total. The first kappa shape index (κ1) is 9.37. The molecule has 1 atom stereocenters. The van der Waals surface area contributed by atoms with Crippen molar-refractivity contribution in [3.8, 4) is 0 Å². The summed E-state index contributed by atoms with van der Waals surface area (Å²) in [5, 5.41) is 11.9. The summed E-state index contributed by atoms with van der Waals surface area (Å²) in [7, 11) is 0. The van der Waals surface area contributed by atoms with Crippen LogP contribution in [-0.2, 0) is 0 Å². The summed E-state index contributed by atoms with van der Waals surface area (Å²) >= 11 is 0. The van der Waals surface area contributed by atoms with E-state index in [1.165, 1.54) is 5.56 Å². The van der Waals surface area contributed by atoms with E-state index in [-0.39, 0.29) is 12.8 Å². The summed E-state index contributed by atoms with van der Waals surface area (Å²) in [4.78, 5) is 4.47. The molecular formula is C11H14N2O. The fraction of sp³-hybridized carbons (Fsp3) is 0.364. The Kier molecular flexibility index (Phi) is 2.61. The summed E-state index contributed by atoms with van der Waals surface area (Å²) in [6, 6.07) is 8.24. The van der Waals surface area contributed by atoms with Crippen LogP contribution in [0.15, 0.2) is 29.3 Å². The number of nitrogens with one attached hydrogen (secondary N) is 1. The molecule has 1 heterocycles. The predicted molar refractivity (Wildman–Crippen MR) is 56.8 cm³/mol. The lowest BCUT2D eigenvalue weighted by Gasteiger charge is -2.23. The van der Waals surface area contributed by atoms with Crippen LogP contribution in [0.2, 0.25) is 0 Å². The van der Waals surface area contributed by atoms with Crippen LogP contribution >= 0.6 is 0 Å². The third-order valence-electron chi connectivity index (χ3n) is 2.46. The highest BCUT2D eigenvalue weighted by atomic mass is 16.3. The third kappa shape index (κ3) is 1.69. The Bertz CT molecular complexity index is 360. The highest BCUT2D eigenvalue weighted by Gasteiger charge is 2.19. The van der Waals surface area contributed by atoms with Crippen LogP contribution in [-0.4, -0.2) is 17.5 Å². The van der Waals surface area contributed by atoms with Crippen molar-refractivity contribution in [2.75, 3.05) is 6.73 Å². The van der Waals surface area contributed by atoms with Gasteiger partial charge in [0, 0.05) is 18.2 Å². The Morgan fingerprint density at radius 1 is 1.50 bits per heavy atom. The molecule has 0 aromatic heterocycles. The van der Waals surface area contributed by atoms with Crippen molar-refractivity contribution in [1.29, 1.82) is 0 Å². The quantitative estimate of drug-likeness (QED) is 0.698. The van der Waals surface area contributed by atoms with Crippen molar-refractivity contribution in [2.24, 2.45) is 4.99 Å². The normalized spacial score (nSPS) is 20.1. The first-order valence-corrected chi connectivity index (χ1v) is 4.78. The average molecular weight is 190 g/mol. The molecule has 14 heavy (non-hydrogen) atoms. The number of nitrogens with zero attached hydrogens (tertiary/aromatic N) is 1. The standard InChI is InChI=1S/C11H14N2O/c1-8-6-11(12-7-14)9-4-2-3-5-10(9)13-8/h2-5,11-12,14H,6-7H2,1H3. The lowest BCUT2D eigenvalue weighted by Crippen LogP contribution is -2.25. The molecule has 0 amide bonds. The van der Waals surface area contributed by atoms with Gasteiger partial charge in [-0.15, -0.1) is 0 Å². The molecule has 0 radical (unpaired) electrons. The van der Waals surface area contributed by atoms with Crippen LogP contribution in [0.3, 0.4) is 0 Å². The smallest absolute Gasteiger partial charge is 0.0936 e. The molecule has 74 valence electrons. The van der Waals surface area contributed by atoms with E-state index in [9.17, 15) is 0 Å². The number of para-hydroxylation sites is 1. The first-order chi connectivity index (χ1) is 6.81. The number of fused-ring (bicyclic) bond motifs is 1. The summed E-state index contributed by atoms with van der Waals surface area (Å²) in [5.74, 6) is 0.